The van der Waals surface area contributed by atoms with Crippen molar-refractivity contribution in [2.75, 3.05) is 13.1 Å². The Morgan fingerprint density at radius 2 is 2.04 bits per heavy atom. The Morgan fingerprint density at radius 3 is 2.70 bits per heavy atom. The van der Waals surface area contributed by atoms with Gasteiger partial charge in [-0.1, -0.05) is 32.0 Å². The standard InChI is InChI=1S/C21H24BFN2O2/c1-14(2)21(26)16-6-7-17(18(23)12-16)13-27-20-5-3-4-19(24-20)15-8-10-25(22)11-9-15/h3-7,12,14-15H,8-11,13H2,1-2H3. The van der Waals surface area contributed by atoms with Gasteiger partial charge in [-0.3, -0.25) is 4.79 Å². The fraction of sp³-hybridized carbons (Fsp3) is 0.429. The van der Waals surface area contributed by atoms with Crippen molar-refractivity contribution >= 4 is 13.8 Å². The number of aromatic nitrogens is 1. The molecule has 6 heteroatoms. The van der Waals surface area contributed by atoms with Crippen molar-refractivity contribution in [3.8, 4) is 5.88 Å². The van der Waals surface area contributed by atoms with Crippen molar-refractivity contribution in [2.24, 2.45) is 5.92 Å². The normalized spacial score (nSPS) is 15.9. The van der Waals surface area contributed by atoms with Crippen LogP contribution in [-0.2, 0) is 6.61 Å². The van der Waals surface area contributed by atoms with Crippen LogP contribution in [0.2, 0.25) is 0 Å². The lowest BCUT2D eigenvalue weighted by molar-refractivity contribution is 0.0939. The van der Waals surface area contributed by atoms with E-state index < -0.39 is 5.82 Å². The van der Waals surface area contributed by atoms with Crippen LogP contribution >= 0.6 is 0 Å². The quantitative estimate of drug-likeness (QED) is 0.575. The van der Waals surface area contributed by atoms with E-state index in [2.05, 4.69) is 4.98 Å². The fourth-order valence-electron chi connectivity index (χ4n) is 3.24. The Bertz CT molecular complexity index is 805. The second-order valence-corrected chi connectivity index (χ2v) is 7.32. The average Bonchev–Trinajstić information content (AvgIpc) is 2.67. The first-order chi connectivity index (χ1) is 12.9. The van der Waals surface area contributed by atoms with Crippen LogP contribution in [0.1, 0.15) is 54.2 Å². The molecule has 27 heavy (non-hydrogen) atoms. The molecule has 2 heterocycles. The number of Topliss-reactive ketones (excluding diaryl/α,β-unsaturated/α-hetero) is 1. The minimum atomic E-state index is -0.437. The molecule has 1 aliphatic heterocycles. The average molecular weight is 366 g/mol. The van der Waals surface area contributed by atoms with Gasteiger partial charge in [0, 0.05) is 34.7 Å². The maximum Gasteiger partial charge on any atom is 0.213 e. The second-order valence-electron chi connectivity index (χ2n) is 7.32. The molecule has 0 saturated carbocycles. The van der Waals surface area contributed by atoms with E-state index in [-0.39, 0.29) is 18.3 Å². The first-order valence-electron chi connectivity index (χ1n) is 9.36. The number of carbonyl (C=O) groups is 1. The van der Waals surface area contributed by atoms with Crippen molar-refractivity contribution in [3.05, 3.63) is 59.0 Å². The molecule has 0 aliphatic carbocycles. The Kier molecular flexibility index (Phi) is 6.27. The van der Waals surface area contributed by atoms with Crippen LogP contribution in [0.3, 0.4) is 0 Å². The lowest BCUT2D eigenvalue weighted by atomic mass is 9.92. The van der Waals surface area contributed by atoms with Gasteiger partial charge in [-0.2, -0.15) is 0 Å². The molecular formula is C21H24BFN2O2. The molecule has 2 aromatic rings. The van der Waals surface area contributed by atoms with Gasteiger partial charge in [-0.25, -0.2) is 9.37 Å². The van der Waals surface area contributed by atoms with Crippen LogP contribution in [0.4, 0.5) is 4.39 Å². The van der Waals surface area contributed by atoms with E-state index >= 15 is 0 Å². The summed E-state index contributed by atoms with van der Waals surface area (Å²) >= 11 is 0. The minimum absolute atomic E-state index is 0.0691. The van der Waals surface area contributed by atoms with E-state index in [0.29, 0.717) is 22.9 Å². The maximum atomic E-state index is 14.3. The topological polar surface area (TPSA) is 42.4 Å². The number of rotatable bonds is 6. The molecule has 0 unspecified atom stereocenters. The van der Waals surface area contributed by atoms with E-state index in [1.54, 1.807) is 32.0 Å². The van der Waals surface area contributed by atoms with Crippen molar-refractivity contribution < 1.29 is 13.9 Å². The smallest absolute Gasteiger partial charge is 0.213 e. The van der Waals surface area contributed by atoms with Crippen LogP contribution in [0.15, 0.2) is 36.4 Å². The monoisotopic (exact) mass is 366 g/mol. The summed E-state index contributed by atoms with van der Waals surface area (Å²) < 4.78 is 20.0. The molecule has 1 aromatic heterocycles. The maximum absolute atomic E-state index is 14.3. The van der Waals surface area contributed by atoms with Crippen LogP contribution in [0.5, 0.6) is 5.88 Å². The summed E-state index contributed by atoms with van der Waals surface area (Å²) in [6.07, 6.45) is 1.93. The van der Waals surface area contributed by atoms with Gasteiger partial charge in [-0.05, 0) is 38.1 Å². The molecule has 0 amide bonds. The number of ether oxygens (including phenoxy) is 1. The Morgan fingerprint density at radius 1 is 1.30 bits per heavy atom. The third-order valence-corrected chi connectivity index (χ3v) is 4.93. The molecule has 2 radical (unpaired) electrons. The third kappa shape index (κ3) is 4.95. The number of nitrogens with zero attached hydrogens (tertiary/aromatic N) is 2. The highest BCUT2D eigenvalue weighted by molar-refractivity contribution is 6.04. The molecule has 1 fully saturated rings. The lowest BCUT2D eigenvalue weighted by Gasteiger charge is -2.29. The molecule has 1 aromatic carbocycles. The van der Waals surface area contributed by atoms with Crippen LogP contribution in [0, 0.1) is 11.7 Å². The highest BCUT2D eigenvalue weighted by Gasteiger charge is 2.19. The number of benzene rings is 1. The molecule has 1 saturated heterocycles. The highest BCUT2D eigenvalue weighted by atomic mass is 19.1. The summed E-state index contributed by atoms with van der Waals surface area (Å²) in [5.41, 5.74) is 1.77. The molecule has 0 N–H and O–H groups in total. The number of hydrogen-bond acceptors (Lipinski definition) is 4. The number of pyridine rings is 1. The van der Waals surface area contributed by atoms with Gasteiger partial charge < -0.3 is 9.55 Å². The van der Waals surface area contributed by atoms with Gasteiger partial charge >= 0.3 is 0 Å². The van der Waals surface area contributed by atoms with E-state index in [1.165, 1.54) is 6.07 Å². The van der Waals surface area contributed by atoms with Gasteiger partial charge in [0.05, 0.1) is 0 Å². The van der Waals surface area contributed by atoms with Gasteiger partial charge in [0.1, 0.15) is 12.4 Å². The Labute approximate surface area is 161 Å². The van der Waals surface area contributed by atoms with Crippen molar-refractivity contribution in [3.63, 3.8) is 0 Å². The van der Waals surface area contributed by atoms with Crippen molar-refractivity contribution in [1.82, 2.24) is 9.79 Å². The van der Waals surface area contributed by atoms with Crippen LogP contribution in [0.25, 0.3) is 0 Å². The number of carbonyl (C=O) groups excluding carboxylic acids is 1. The highest BCUT2D eigenvalue weighted by Crippen LogP contribution is 2.27. The number of halogens is 1. The summed E-state index contributed by atoms with van der Waals surface area (Å²) in [7, 11) is 5.81. The summed E-state index contributed by atoms with van der Waals surface area (Å²) in [5.74, 6) is 0.174. The number of piperidine rings is 1. The van der Waals surface area contributed by atoms with Crippen LogP contribution in [-0.4, -0.2) is 36.6 Å². The molecule has 0 atom stereocenters. The fourth-order valence-corrected chi connectivity index (χ4v) is 3.24. The predicted molar refractivity (Wildman–Crippen MR) is 103 cm³/mol. The first-order valence-corrected chi connectivity index (χ1v) is 9.36. The van der Waals surface area contributed by atoms with Gasteiger partial charge in [0.15, 0.2) is 13.8 Å². The molecule has 140 valence electrons. The SMILES string of the molecule is [B]N1CCC(c2cccc(OCc3ccc(C(=O)C(C)C)cc3F)n2)CC1. The van der Waals surface area contributed by atoms with Gasteiger partial charge in [0.25, 0.3) is 0 Å². The molecular weight excluding hydrogens is 342 g/mol. The zero-order valence-corrected chi connectivity index (χ0v) is 15.8. The van der Waals surface area contributed by atoms with Crippen molar-refractivity contribution in [1.29, 1.82) is 0 Å². The lowest BCUT2D eigenvalue weighted by Crippen LogP contribution is -2.30. The molecule has 0 bridgehead atoms. The van der Waals surface area contributed by atoms with Crippen LogP contribution < -0.4 is 4.74 Å². The Hall–Kier alpha value is -2.21. The summed E-state index contributed by atoms with van der Waals surface area (Å²) in [6, 6.07) is 10.2. The molecule has 0 spiro atoms. The number of ketones is 1. The summed E-state index contributed by atoms with van der Waals surface area (Å²) in [6.45, 7) is 5.37. The second kappa shape index (κ2) is 8.66. The minimum Gasteiger partial charge on any atom is -0.473 e. The van der Waals surface area contributed by atoms with E-state index in [9.17, 15) is 9.18 Å². The molecule has 1 aliphatic rings. The van der Waals surface area contributed by atoms with Gasteiger partial charge in [-0.15, -0.1) is 0 Å². The zero-order valence-electron chi connectivity index (χ0n) is 15.8. The summed E-state index contributed by atoms with van der Waals surface area (Å²) in [5, 5.41) is 0. The number of hydrogen-bond donors (Lipinski definition) is 0. The van der Waals surface area contributed by atoms with Crippen molar-refractivity contribution in [2.45, 2.75) is 39.2 Å². The third-order valence-electron chi connectivity index (χ3n) is 4.93. The largest absolute Gasteiger partial charge is 0.473 e. The zero-order chi connectivity index (χ0) is 19.4. The first kappa shape index (κ1) is 19.6. The predicted octanol–water partition coefficient (Wildman–Crippen LogP) is 3.90. The van der Waals surface area contributed by atoms with Gasteiger partial charge in [0.2, 0.25) is 5.88 Å². The molecule has 3 rings (SSSR count). The van der Waals surface area contributed by atoms with E-state index in [1.807, 2.05) is 16.9 Å². The molecule has 4 nitrogen and oxygen atoms in total. The summed E-state index contributed by atoms with van der Waals surface area (Å²) in [4.78, 5) is 18.4. The van der Waals surface area contributed by atoms with E-state index in [4.69, 9.17) is 12.7 Å². The van der Waals surface area contributed by atoms with E-state index in [0.717, 1.165) is 31.6 Å². The Balaban J connectivity index is 1.65.